The number of carbonyl (C=O) groups is 1. The Labute approximate surface area is 159 Å². The molecular formula is C21H24N2O4. The smallest absolute Gasteiger partial charge is 0.258 e. The van der Waals surface area contributed by atoms with Gasteiger partial charge >= 0.3 is 0 Å². The normalized spacial score (nSPS) is 19.1. The topological polar surface area (TPSA) is 60.0 Å². The third-order valence-corrected chi connectivity index (χ3v) is 5.19. The van der Waals surface area contributed by atoms with Crippen molar-refractivity contribution in [2.75, 3.05) is 25.6 Å². The lowest BCUT2D eigenvalue weighted by atomic mass is 10.00. The largest absolute Gasteiger partial charge is 0.493 e. The highest BCUT2D eigenvalue weighted by molar-refractivity contribution is 6.01. The minimum Gasteiger partial charge on any atom is -0.493 e. The van der Waals surface area contributed by atoms with Crippen LogP contribution in [0.2, 0.25) is 0 Å². The monoisotopic (exact) mass is 368 g/mol. The molecule has 142 valence electrons. The fourth-order valence-electron chi connectivity index (χ4n) is 3.62. The second-order valence-electron chi connectivity index (χ2n) is 6.81. The average Bonchev–Trinajstić information content (AvgIpc) is 2.72. The number of ether oxygens (including phenoxy) is 3. The fraction of sp³-hybridized carbons (Fsp3) is 0.381. The maximum atomic E-state index is 13.2. The summed E-state index contributed by atoms with van der Waals surface area (Å²) >= 11 is 0. The standard InChI is InChI=1S/C21H24N2O4/c1-4-13(2)23-20(22-16-8-6-5-7-15(16)21(23)24)14-11-17(25-3)19-18(12-14)26-9-10-27-19/h5-8,11-13,20,22H,4,9-10H2,1-3H3/t13-,20+/m1/s1. The molecule has 2 aliphatic rings. The van der Waals surface area contributed by atoms with E-state index in [0.29, 0.717) is 36.0 Å². The maximum Gasteiger partial charge on any atom is 0.258 e. The van der Waals surface area contributed by atoms with E-state index in [0.717, 1.165) is 17.7 Å². The van der Waals surface area contributed by atoms with Crippen LogP contribution in [-0.2, 0) is 0 Å². The lowest BCUT2D eigenvalue weighted by Crippen LogP contribution is -2.47. The van der Waals surface area contributed by atoms with Gasteiger partial charge in [-0.05, 0) is 37.6 Å². The molecule has 6 nitrogen and oxygen atoms in total. The van der Waals surface area contributed by atoms with E-state index in [4.69, 9.17) is 14.2 Å². The van der Waals surface area contributed by atoms with Crippen molar-refractivity contribution < 1.29 is 19.0 Å². The number of nitrogens with zero attached hydrogens (tertiary/aromatic N) is 1. The summed E-state index contributed by atoms with van der Waals surface area (Å²) in [6.45, 7) is 5.14. The number of methoxy groups -OCH3 is 1. The number of anilines is 1. The van der Waals surface area contributed by atoms with Crippen molar-refractivity contribution >= 4 is 11.6 Å². The molecule has 27 heavy (non-hydrogen) atoms. The van der Waals surface area contributed by atoms with Gasteiger partial charge in [-0.25, -0.2) is 0 Å². The van der Waals surface area contributed by atoms with Gasteiger partial charge in [0.15, 0.2) is 11.5 Å². The van der Waals surface area contributed by atoms with Crippen LogP contribution in [0, 0.1) is 0 Å². The Morgan fingerprint density at radius 2 is 2.04 bits per heavy atom. The molecule has 2 atom stereocenters. The highest BCUT2D eigenvalue weighted by Gasteiger charge is 2.36. The molecule has 1 N–H and O–H groups in total. The summed E-state index contributed by atoms with van der Waals surface area (Å²) in [6.07, 6.45) is 0.542. The van der Waals surface area contributed by atoms with Crippen molar-refractivity contribution in [1.82, 2.24) is 4.90 Å². The Balaban J connectivity index is 1.82. The van der Waals surface area contributed by atoms with Gasteiger partial charge in [-0.15, -0.1) is 0 Å². The number of hydrogen-bond donors (Lipinski definition) is 1. The van der Waals surface area contributed by atoms with Crippen LogP contribution >= 0.6 is 0 Å². The van der Waals surface area contributed by atoms with E-state index in [-0.39, 0.29) is 18.1 Å². The first-order valence-electron chi connectivity index (χ1n) is 9.29. The van der Waals surface area contributed by atoms with Crippen molar-refractivity contribution in [3.63, 3.8) is 0 Å². The zero-order valence-electron chi connectivity index (χ0n) is 15.8. The average molecular weight is 368 g/mol. The van der Waals surface area contributed by atoms with E-state index in [1.54, 1.807) is 7.11 Å². The first-order chi connectivity index (χ1) is 13.1. The van der Waals surface area contributed by atoms with E-state index in [1.807, 2.05) is 41.3 Å². The predicted octanol–water partition coefficient (Wildman–Crippen LogP) is 3.83. The van der Waals surface area contributed by atoms with E-state index in [1.165, 1.54) is 0 Å². The molecule has 0 saturated heterocycles. The van der Waals surface area contributed by atoms with E-state index in [2.05, 4.69) is 19.2 Å². The number of carbonyl (C=O) groups excluding carboxylic acids is 1. The van der Waals surface area contributed by atoms with Gasteiger partial charge in [-0.3, -0.25) is 4.79 Å². The van der Waals surface area contributed by atoms with Gasteiger partial charge in [0.1, 0.15) is 19.4 Å². The van der Waals surface area contributed by atoms with Crippen LogP contribution in [0.1, 0.15) is 42.4 Å². The lowest BCUT2D eigenvalue weighted by Gasteiger charge is -2.41. The molecular weight excluding hydrogens is 344 g/mol. The third kappa shape index (κ3) is 2.95. The lowest BCUT2D eigenvalue weighted by molar-refractivity contribution is 0.0592. The van der Waals surface area contributed by atoms with Crippen LogP contribution < -0.4 is 19.5 Å². The predicted molar refractivity (Wildman–Crippen MR) is 103 cm³/mol. The third-order valence-electron chi connectivity index (χ3n) is 5.19. The van der Waals surface area contributed by atoms with Crippen molar-refractivity contribution in [3.05, 3.63) is 47.5 Å². The zero-order valence-corrected chi connectivity index (χ0v) is 15.8. The number of fused-ring (bicyclic) bond motifs is 2. The molecule has 2 aromatic rings. The Bertz CT molecular complexity index is 850. The highest BCUT2D eigenvalue weighted by atomic mass is 16.6. The van der Waals surface area contributed by atoms with E-state index >= 15 is 0 Å². The quantitative estimate of drug-likeness (QED) is 0.889. The molecule has 2 heterocycles. The molecule has 0 radical (unpaired) electrons. The maximum absolute atomic E-state index is 13.2. The van der Waals surface area contributed by atoms with Gasteiger partial charge in [0.05, 0.1) is 12.7 Å². The molecule has 4 rings (SSSR count). The van der Waals surface area contributed by atoms with Crippen LogP contribution in [0.15, 0.2) is 36.4 Å². The summed E-state index contributed by atoms with van der Waals surface area (Å²) in [7, 11) is 1.61. The van der Waals surface area contributed by atoms with E-state index in [9.17, 15) is 4.79 Å². The van der Waals surface area contributed by atoms with Crippen molar-refractivity contribution in [1.29, 1.82) is 0 Å². The molecule has 0 spiro atoms. The molecule has 2 aliphatic heterocycles. The molecule has 6 heteroatoms. The van der Waals surface area contributed by atoms with Crippen LogP contribution in [0.4, 0.5) is 5.69 Å². The Morgan fingerprint density at radius 1 is 1.26 bits per heavy atom. The number of benzene rings is 2. The Morgan fingerprint density at radius 3 is 2.81 bits per heavy atom. The molecule has 0 aliphatic carbocycles. The second-order valence-corrected chi connectivity index (χ2v) is 6.81. The van der Waals surface area contributed by atoms with Crippen molar-refractivity contribution in [2.45, 2.75) is 32.5 Å². The number of nitrogens with one attached hydrogen (secondary N) is 1. The molecule has 0 fully saturated rings. The van der Waals surface area contributed by atoms with Gasteiger partial charge in [0.2, 0.25) is 5.75 Å². The molecule has 0 saturated carbocycles. The number of amides is 1. The molecule has 0 aromatic heterocycles. The molecule has 0 bridgehead atoms. The van der Waals surface area contributed by atoms with Gasteiger partial charge in [0, 0.05) is 17.3 Å². The first-order valence-corrected chi connectivity index (χ1v) is 9.29. The summed E-state index contributed by atoms with van der Waals surface area (Å²) < 4.78 is 17.0. The van der Waals surface area contributed by atoms with Gasteiger partial charge < -0.3 is 24.4 Å². The van der Waals surface area contributed by atoms with Gasteiger partial charge in [-0.2, -0.15) is 0 Å². The Hall–Kier alpha value is -2.89. The highest BCUT2D eigenvalue weighted by Crippen LogP contribution is 2.44. The fourth-order valence-corrected chi connectivity index (χ4v) is 3.62. The van der Waals surface area contributed by atoms with E-state index < -0.39 is 0 Å². The first kappa shape index (κ1) is 17.5. The van der Waals surface area contributed by atoms with Gasteiger partial charge in [-0.1, -0.05) is 19.1 Å². The minimum absolute atomic E-state index is 0.0255. The van der Waals surface area contributed by atoms with Crippen molar-refractivity contribution in [3.8, 4) is 17.2 Å². The molecule has 0 unspecified atom stereocenters. The molecule has 2 aromatic carbocycles. The SMILES string of the molecule is CC[C@@H](C)N1C(=O)c2ccccc2N[C@@H]1c1cc(OC)c2c(c1)OCCO2. The number of rotatable bonds is 4. The summed E-state index contributed by atoms with van der Waals surface area (Å²) in [5.74, 6) is 1.90. The van der Waals surface area contributed by atoms with Crippen LogP contribution in [-0.4, -0.2) is 37.2 Å². The zero-order chi connectivity index (χ0) is 19.0. The number of hydrogen-bond acceptors (Lipinski definition) is 5. The molecule has 1 amide bonds. The summed E-state index contributed by atoms with van der Waals surface area (Å²) in [6, 6.07) is 11.5. The van der Waals surface area contributed by atoms with Crippen LogP contribution in [0.5, 0.6) is 17.2 Å². The van der Waals surface area contributed by atoms with Crippen LogP contribution in [0.25, 0.3) is 0 Å². The van der Waals surface area contributed by atoms with Crippen LogP contribution in [0.3, 0.4) is 0 Å². The summed E-state index contributed by atoms with van der Waals surface area (Å²) in [5, 5.41) is 3.52. The Kier molecular flexibility index (Phi) is 4.56. The van der Waals surface area contributed by atoms with Gasteiger partial charge in [0.25, 0.3) is 5.91 Å². The number of para-hydroxylation sites is 1. The van der Waals surface area contributed by atoms with Crippen molar-refractivity contribution in [2.24, 2.45) is 0 Å². The second kappa shape index (κ2) is 7.02. The minimum atomic E-state index is -0.313. The summed E-state index contributed by atoms with van der Waals surface area (Å²) in [5.41, 5.74) is 2.43. The summed E-state index contributed by atoms with van der Waals surface area (Å²) in [4.78, 5) is 15.1.